The molecule has 0 aromatic heterocycles. The van der Waals surface area contributed by atoms with Gasteiger partial charge in [-0.2, -0.15) is 0 Å². The van der Waals surface area contributed by atoms with Crippen molar-refractivity contribution in [3.8, 4) is 0 Å². The average Bonchev–Trinajstić information content (AvgIpc) is 3.33. The smallest absolute Gasteiger partial charge is 0.321 e. The molecule has 0 unspecified atom stereocenters. The molecule has 7 heteroatoms. The monoisotopic (exact) mass is 440 g/mol. The van der Waals surface area contributed by atoms with Crippen LogP contribution < -0.4 is 10.6 Å². The van der Waals surface area contributed by atoms with Gasteiger partial charge in [-0.15, -0.1) is 0 Å². The number of carbonyl (C=O) groups is 3. The molecule has 32 heavy (non-hydrogen) atoms. The van der Waals surface area contributed by atoms with Gasteiger partial charge in [0.2, 0.25) is 5.91 Å². The van der Waals surface area contributed by atoms with E-state index in [1.165, 1.54) is 44.9 Å². The van der Waals surface area contributed by atoms with Crippen molar-refractivity contribution in [1.82, 2.24) is 15.1 Å². The molecule has 1 aromatic carbocycles. The Balaban J connectivity index is 1.21. The molecule has 1 aliphatic heterocycles. The summed E-state index contributed by atoms with van der Waals surface area (Å²) in [6.07, 6.45) is 11.2. The number of nitrogens with zero attached hydrogens (tertiary/aromatic N) is 2. The SMILES string of the molecule is O=C(NC1CCCCC1)c1ccc(NC(=O)N2CCN(C(=O)CC3CCCC3)CC2)cc1. The molecule has 1 saturated heterocycles. The Bertz CT molecular complexity index is 790. The minimum atomic E-state index is -0.160. The van der Waals surface area contributed by atoms with Crippen LogP contribution in [-0.4, -0.2) is 59.9 Å². The van der Waals surface area contributed by atoms with Gasteiger partial charge in [-0.1, -0.05) is 32.1 Å². The van der Waals surface area contributed by atoms with E-state index in [-0.39, 0.29) is 23.9 Å². The zero-order valence-electron chi connectivity index (χ0n) is 19.0. The molecule has 2 saturated carbocycles. The van der Waals surface area contributed by atoms with Gasteiger partial charge in [-0.05, 0) is 55.9 Å². The third-order valence-electron chi connectivity index (χ3n) is 7.20. The van der Waals surface area contributed by atoms with Crippen molar-refractivity contribution in [2.45, 2.75) is 70.3 Å². The molecule has 0 bridgehead atoms. The van der Waals surface area contributed by atoms with Crippen molar-refractivity contribution in [2.24, 2.45) is 5.92 Å². The van der Waals surface area contributed by atoms with E-state index in [2.05, 4.69) is 10.6 Å². The first-order valence-corrected chi connectivity index (χ1v) is 12.3. The zero-order valence-corrected chi connectivity index (χ0v) is 19.0. The highest BCUT2D eigenvalue weighted by molar-refractivity contribution is 5.95. The van der Waals surface area contributed by atoms with Crippen molar-refractivity contribution in [1.29, 1.82) is 0 Å². The summed E-state index contributed by atoms with van der Waals surface area (Å²) < 4.78 is 0. The fourth-order valence-corrected chi connectivity index (χ4v) is 5.17. The zero-order chi connectivity index (χ0) is 22.3. The number of hydrogen-bond acceptors (Lipinski definition) is 3. The first-order chi connectivity index (χ1) is 15.6. The first kappa shape index (κ1) is 22.6. The Labute approximate surface area is 190 Å². The molecule has 1 heterocycles. The normalized spacial score (nSPS) is 20.2. The molecule has 4 amide bonds. The molecule has 4 rings (SSSR count). The standard InChI is InChI=1S/C25H36N4O3/c30-23(18-19-6-4-5-7-19)28-14-16-29(17-15-28)25(32)27-22-12-10-20(11-13-22)24(31)26-21-8-2-1-3-9-21/h10-13,19,21H,1-9,14-18H2,(H,26,31)(H,27,32). The summed E-state index contributed by atoms with van der Waals surface area (Å²) in [7, 11) is 0. The van der Waals surface area contributed by atoms with Crippen LogP contribution >= 0.6 is 0 Å². The number of piperazine rings is 1. The Kier molecular flexibility index (Phi) is 7.66. The fourth-order valence-electron chi connectivity index (χ4n) is 5.17. The predicted molar refractivity (Wildman–Crippen MR) is 125 cm³/mol. The fraction of sp³-hybridized carbons (Fsp3) is 0.640. The summed E-state index contributed by atoms with van der Waals surface area (Å²) >= 11 is 0. The molecule has 2 N–H and O–H groups in total. The molecule has 174 valence electrons. The predicted octanol–water partition coefficient (Wildman–Crippen LogP) is 4.01. The third-order valence-corrected chi connectivity index (χ3v) is 7.20. The Morgan fingerprint density at radius 2 is 1.38 bits per heavy atom. The lowest BCUT2D eigenvalue weighted by Crippen LogP contribution is -2.51. The first-order valence-electron chi connectivity index (χ1n) is 12.3. The Morgan fingerprint density at radius 1 is 0.781 bits per heavy atom. The lowest BCUT2D eigenvalue weighted by atomic mass is 9.95. The molecule has 1 aromatic rings. The van der Waals surface area contributed by atoms with Crippen molar-refractivity contribution in [3.05, 3.63) is 29.8 Å². The van der Waals surface area contributed by atoms with Crippen LogP contribution in [0.25, 0.3) is 0 Å². The van der Waals surface area contributed by atoms with Gasteiger partial charge in [0.25, 0.3) is 5.91 Å². The molecular formula is C25H36N4O3. The van der Waals surface area contributed by atoms with Crippen LogP contribution in [0.2, 0.25) is 0 Å². The highest BCUT2D eigenvalue weighted by Crippen LogP contribution is 2.28. The topological polar surface area (TPSA) is 81.8 Å². The Hall–Kier alpha value is -2.57. The van der Waals surface area contributed by atoms with E-state index in [0.717, 1.165) is 12.8 Å². The van der Waals surface area contributed by atoms with E-state index >= 15 is 0 Å². The summed E-state index contributed by atoms with van der Waals surface area (Å²) in [6.45, 7) is 2.28. The van der Waals surface area contributed by atoms with Gasteiger partial charge in [0.1, 0.15) is 0 Å². The summed E-state index contributed by atoms with van der Waals surface area (Å²) in [6, 6.07) is 7.18. The van der Waals surface area contributed by atoms with Crippen LogP contribution in [-0.2, 0) is 4.79 Å². The molecule has 0 radical (unpaired) electrons. The number of rotatable bonds is 5. The highest BCUT2D eigenvalue weighted by atomic mass is 16.2. The maximum Gasteiger partial charge on any atom is 0.321 e. The van der Waals surface area contributed by atoms with E-state index < -0.39 is 0 Å². The lowest BCUT2D eigenvalue weighted by Gasteiger charge is -2.35. The largest absolute Gasteiger partial charge is 0.349 e. The minimum absolute atomic E-state index is 0.0480. The quantitative estimate of drug-likeness (QED) is 0.726. The number of amides is 4. The van der Waals surface area contributed by atoms with Crippen LogP contribution in [0.5, 0.6) is 0 Å². The maximum atomic E-state index is 12.6. The van der Waals surface area contributed by atoms with Crippen LogP contribution in [0, 0.1) is 5.92 Å². The second kappa shape index (κ2) is 10.8. The average molecular weight is 441 g/mol. The number of benzene rings is 1. The van der Waals surface area contributed by atoms with Gasteiger partial charge in [-0.3, -0.25) is 9.59 Å². The van der Waals surface area contributed by atoms with Crippen LogP contribution in [0.3, 0.4) is 0 Å². The van der Waals surface area contributed by atoms with Crippen LogP contribution in [0.4, 0.5) is 10.5 Å². The van der Waals surface area contributed by atoms with E-state index in [1.807, 2.05) is 4.90 Å². The van der Waals surface area contributed by atoms with Gasteiger partial charge in [0.05, 0.1) is 0 Å². The third kappa shape index (κ3) is 6.02. The van der Waals surface area contributed by atoms with Crippen molar-refractivity contribution >= 4 is 23.5 Å². The van der Waals surface area contributed by atoms with E-state index in [9.17, 15) is 14.4 Å². The second-order valence-electron chi connectivity index (χ2n) is 9.54. The number of carbonyl (C=O) groups excluding carboxylic acids is 3. The molecule has 0 atom stereocenters. The molecule has 0 spiro atoms. The van der Waals surface area contributed by atoms with Gasteiger partial charge in [0.15, 0.2) is 0 Å². The minimum Gasteiger partial charge on any atom is -0.349 e. The summed E-state index contributed by atoms with van der Waals surface area (Å²) in [5, 5.41) is 6.03. The summed E-state index contributed by atoms with van der Waals surface area (Å²) in [5.41, 5.74) is 1.28. The second-order valence-corrected chi connectivity index (χ2v) is 9.54. The van der Waals surface area contributed by atoms with Gasteiger partial charge >= 0.3 is 6.03 Å². The molecule has 3 fully saturated rings. The van der Waals surface area contributed by atoms with Crippen LogP contribution in [0.15, 0.2) is 24.3 Å². The van der Waals surface area contributed by atoms with E-state index in [4.69, 9.17) is 0 Å². The number of nitrogens with one attached hydrogen (secondary N) is 2. The van der Waals surface area contributed by atoms with Gasteiger partial charge in [-0.25, -0.2) is 4.79 Å². The molecule has 7 nitrogen and oxygen atoms in total. The van der Waals surface area contributed by atoms with Crippen molar-refractivity contribution in [3.63, 3.8) is 0 Å². The Morgan fingerprint density at radius 3 is 2.03 bits per heavy atom. The summed E-state index contributed by atoms with van der Waals surface area (Å²) in [4.78, 5) is 41.3. The van der Waals surface area contributed by atoms with Crippen molar-refractivity contribution < 1.29 is 14.4 Å². The molecular weight excluding hydrogens is 404 g/mol. The molecule has 2 aliphatic carbocycles. The van der Waals surface area contributed by atoms with Crippen LogP contribution in [0.1, 0.15) is 74.6 Å². The molecule has 3 aliphatic rings. The van der Waals surface area contributed by atoms with E-state index in [0.29, 0.717) is 49.8 Å². The maximum absolute atomic E-state index is 12.6. The summed E-state index contributed by atoms with van der Waals surface area (Å²) in [5.74, 6) is 0.740. The lowest BCUT2D eigenvalue weighted by molar-refractivity contribution is -0.133. The van der Waals surface area contributed by atoms with Gasteiger partial charge in [0, 0.05) is 49.9 Å². The van der Waals surface area contributed by atoms with Crippen molar-refractivity contribution in [2.75, 3.05) is 31.5 Å². The number of urea groups is 1. The van der Waals surface area contributed by atoms with Gasteiger partial charge < -0.3 is 20.4 Å². The highest BCUT2D eigenvalue weighted by Gasteiger charge is 2.27. The number of anilines is 1. The van der Waals surface area contributed by atoms with E-state index in [1.54, 1.807) is 29.2 Å². The number of hydrogen-bond donors (Lipinski definition) is 2.